The Morgan fingerprint density at radius 2 is 1.56 bits per heavy atom. The SMILES string of the molecule is O=C(N[C@@H](c1ccccc1)[C@@H](O)C(=O)OCCCCCCCC1COC1)c1ccccc1. The van der Waals surface area contributed by atoms with E-state index in [1.807, 2.05) is 12.1 Å². The molecule has 6 nitrogen and oxygen atoms in total. The van der Waals surface area contributed by atoms with Crippen molar-refractivity contribution < 1.29 is 24.2 Å². The molecule has 6 heteroatoms. The van der Waals surface area contributed by atoms with Gasteiger partial charge in [0.2, 0.25) is 0 Å². The molecule has 0 aromatic heterocycles. The van der Waals surface area contributed by atoms with Crippen molar-refractivity contribution in [3.8, 4) is 0 Å². The lowest BCUT2D eigenvalue weighted by atomic mass is 9.99. The van der Waals surface area contributed by atoms with Crippen molar-refractivity contribution in [3.63, 3.8) is 0 Å². The van der Waals surface area contributed by atoms with Gasteiger partial charge >= 0.3 is 5.97 Å². The maximum Gasteiger partial charge on any atom is 0.337 e. The minimum atomic E-state index is -1.49. The molecule has 1 heterocycles. The Bertz CT molecular complexity index is 823. The van der Waals surface area contributed by atoms with Crippen LogP contribution in [0.1, 0.15) is 60.5 Å². The number of carbonyl (C=O) groups is 2. The van der Waals surface area contributed by atoms with Crippen LogP contribution in [0.2, 0.25) is 0 Å². The Morgan fingerprint density at radius 1 is 0.938 bits per heavy atom. The number of amides is 1. The number of benzene rings is 2. The fourth-order valence-corrected chi connectivity index (χ4v) is 3.73. The molecule has 2 aromatic rings. The van der Waals surface area contributed by atoms with E-state index in [9.17, 15) is 14.7 Å². The van der Waals surface area contributed by atoms with Crippen LogP contribution in [0, 0.1) is 5.92 Å². The molecule has 1 aliphatic rings. The molecule has 0 bridgehead atoms. The van der Waals surface area contributed by atoms with Crippen LogP contribution in [0.5, 0.6) is 0 Å². The minimum Gasteiger partial charge on any atom is -0.464 e. The summed E-state index contributed by atoms with van der Waals surface area (Å²) < 4.78 is 10.5. The van der Waals surface area contributed by atoms with E-state index < -0.39 is 18.1 Å². The quantitative estimate of drug-likeness (QED) is 0.363. The highest BCUT2D eigenvalue weighted by Gasteiger charge is 2.30. The third kappa shape index (κ3) is 7.46. The summed E-state index contributed by atoms with van der Waals surface area (Å²) in [5, 5.41) is 13.5. The lowest BCUT2D eigenvalue weighted by molar-refractivity contribution is -0.155. The first-order chi connectivity index (χ1) is 15.6. The molecule has 0 spiro atoms. The van der Waals surface area contributed by atoms with Gasteiger partial charge in [0, 0.05) is 11.5 Å². The standard InChI is InChI=1S/C26H33NO5/c28-24(26(30)32-17-11-3-1-2-6-12-20-18-31-19-20)23(21-13-7-4-8-14-21)27-25(29)22-15-9-5-10-16-22/h4-5,7-10,13-16,20,23-24,28H,1-3,6,11-12,17-19H2,(H,27,29)/t23-,24+/m0/s1. The second-order valence-electron chi connectivity index (χ2n) is 8.30. The molecule has 0 aliphatic carbocycles. The molecule has 172 valence electrons. The highest BCUT2D eigenvalue weighted by atomic mass is 16.5. The summed E-state index contributed by atoms with van der Waals surface area (Å²) >= 11 is 0. The van der Waals surface area contributed by atoms with Crippen molar-refractivity contribution in [1.82, 2.24) is 5.32 Å². The van der Waals surface area contributed by atoms with Gasteiger partial charge in [-0.1, -0.05) is 74.2 Å². The van der Waals surface area contributed by atoms with Crippen molar-refractivity contribution in [2.45, 2.75) is 50.7 Å². The maximum absolute atomic E-state index is 12.6. The predicted molar refractivity (Wildman–Crippen MR) is 122 cm³/mol. The van der Waals surface area contributed by atoms with E-state index in [-0.39, 0.29) is 12.5 Å². The van der Waals surface area contributed by atoms with Gasteiger partial charge in [-0.25, -0.2) is 4.79 Å². The van der Waals surface area contributed by atoms with Crippen LogP contribution in [-0.2, 0) is 14.3 Å². The molecule has 2 aromatic carbocycles. The van der Waals surface area contributed by atoms with E-state index in [0.717, 1.165) is 38.4 Å². The van der Waals surface area contributed by atoms with Crippen molar-refractivity contribution in [2.24, 2.45) is 5.92 Å². The molecule has 1 aliphatic heterocycles. The Morgan fingerprint density at radius 3 is 2.22 bits per heavy atom. The van der Waals surface area contributed by atoms with Gasteiger partial charge in [0.15, 0.2) is 6.10 Å². The van der Waals surface area contributed by atoms with Crippen LogP contribution in [-0.4, -0.2) is 42.9 Å². The smallest absolute Gasteiger partial charge is 0.337 e. The number of carbonyl (C=O) groups excluding carboxylic acids is 2. The van der Waals surface area contributed by atoms with Crippen molar-refractivity contribution >= 4 is 11.9 Å². The fourth-order valence-electron chi connectivity index (χ4n) is 3.73. The van der Waals surface area contributed by atoms with Crippen LogP contribution in [0.3, 0.4) is 0 Å². The summed E-state index contributed by atoms with van der Waals surface area (Å²) in [4.78, 5) is 25.1. The Hall–Kier alpha value is -2.70. The highest BCUT2D eigenvalue weighted by Crippen LogP contribution is 2.20. The van der Waals surface area contributed by atoms with Gasteiger partial charge in [0.1, 0.15) is 0 Å². The van der Waals surface area contributed by atoms with Crippen LogP contribution in [0.4, 0.5) is 0 Å². The number of nitrogens with one attached hydrogen (secondary N) is 1. The monoisotopic (exact) mass is 439 g/mol. The molecule has 0 radical (unpaired) electrons. The van der Waals surface area contributed by atoms with Gasteiger partial charge in [-0.15, -0.1) is 0 Å². The average Bonchev–Trinajstić information content (AvgIpc) is 2.80. The second-order valence-corrected chi connectivity index (χ2v) is 8.30. The number of unbranched alkanes of at least 4 members (excludes halogenated alkanes) is 4. The summed E-state index contributed by atoms with van der Waals surface area (Å²) in [7, 11) is 0. The molecule has 2 atom stereocenters. The number of hydrogen-bond acceptors (Lipinski definition) is 5. The molecule has 1 fully saturated rings. The largest absolute Gasteiger partial charge is 0.464 e. The van der Waals surface area contributed by atoms with Gasteiger partial charge in [-0.05, 0) is 30.5 Å². The maximum atomic E-state index is 12.6. The number of aliphatic hydroxyl groups is 1. The van der Waals surface area contributed by atoms with E-state index >= 15 is 0 Å². The van der Waals surface area contributed by atoms with Crippen LogP contribution >= 0.6 is 0 Å². The Balaban J connectivity index is 1.44. The van der Waals surface area contributed by atoms with Crippen LogP contribution in [0.15, 0.2) is 60.7 Å². The molecule has 2 N–H and O–H groups in total. The molecule has 1 amide bonds. The predicted octanol–water partition coefficient (Wildman–Crippen LogP) is 4.05. The van der Waals surface area contributed by atoms with Crippen molar-refractivity contribution in [3.05, 3.63) is 71.8 Å². The highest BCUT2D eigenvalue weighted by molar-refractivity contribution is 5.94. The third-order valence-electron chi connectivity index (χ3n) is 5.75. The summed E-state index contributed by atoms with van der Waals surface area (Å²) in [6.45, 7) is 2.09. The fraction of sp³-hybridized carbons (Fsp3) is 0.462. The van der Waals surface area contributed by atoms with E-state index in [2.05, 4.69) is 5.32 Å². The first-order valence-corrected chi connectivity index (χ1v) is 11.5. The van der Waals surface area contributed by atoms with E-state index in [0.29, 0.717) is 11.1 Å². The summed E-state index contributed by atoms with van der Waals surface area (Å²) in [5.74, 6) is -0.339. The number of aliphatic hydroxyl groups excluding tert-OH is 1. The lowest BCUT2D eigenvalue weighted by Crippen LogP contribution is -2.41. The van der Waals surface area contributed by atoms with Crippen LogP contribution < -0.4 is 5.32 Å². The number of rotatable bonds is 13. The van der Waals surface area contributed by atoms with Gasteiger partial charge in [0.25, 0.3) is 5.91 Å². The number of hydrogen-bond donors (Lipinski definition) is 2. The van der Waals surface area contributed by atoms with E-state index in [4.69, 9.17) is 9.47 Å². The minimum absolute atomic E-state index is 0.264. The van der Waals surface area contributed by atoms with Gasteiger partial charge < -0.3 is 19.9 Å². The summed E-state index contributed by atoms with van der Waals surface area (Å²) in [6, 6.07) is 16.8. The lowest BCUT2D eigenvalue weighted by Gasteiger charge is -2.25. The number of esters is 1. The van der Waals surface area contributed by atoms with Crippen LogP contribution in [0.25, 0.3) is 0 Å². The molecule has 0 unspecified atom stereocenters. The Labute approximate surface area is 189 Å². The summed E-state index contributed by atoms with van der Waals surface area (Å²) in [6.07, 6.45) is 4.98. The Kier molecular flexibility index (Phi) is 9.72. The third-order valence-corrected chi connectivity index (χ3v) is 5.75. The molecular formula is C26H33NO5. The van der Waals surface area contributed by atoms with Gasteiger partial charge in [-0.2, -0.15) is 0 Å². The van der Waals surface area contributed by atoms with Crippen molar-refractivity contribution in [1.29, 1.82) is 0 Å². The first-order valence-electron chi connectivity index (χ1n) is 11.5. The molecule has 32 heavy (non-hydrogen) atoms. The zero-order valence-electron chi connectivity index (χ0n) is 18.4. The topological polar surface area (TPSA) is 84.9 Å². The second kappa shape index (κ2) is 13.0. The molecule has 0 saturated carbocycles. The number of ether oxygens (including phenoxy) is 2. The summed E-state index contributed by atoms with van der Waals surface area (Å²) in [5.41, 5.74) is 1.09. The van der Waals surface area contributed by atoms with Crippen molar-refractivity contribution in [2.75, 3.05) is 19.8 Å². The zero-order chi connectivity index (χ0) is 22.6. The van der Waals surface area contributed by atoms with Gasteiger partial charge in [0.05, 0.1) is 25.9 Å². The van der Waals surface area contributed by atoms with Gasteiger partial charge in [-0.3, -0.25) is 4.79 Å². The average molecular weight is 440 g/mol. The molecule has 3 rings (SSSR count). The van der Waals surface area contributed by atoms with E-state index in [1.54, 1.807) is 48.5 Å². The molecular weight excluding hydrogens is 406 g/mol. The molecule has 1 saturated heterocycles. The zero-order valence-corrected chi connectivity index (χ0v) is 18.4. The first kappa shape index (κ1) is 24.0. The van der Waals surface area contributed by atoms with E-state index in [1.165, 1.54) is 19.3 Å². The normalized spacial score (nSPS) is 15.4.